The minimum absolute atomic E-state index is 0.00167. The number of aliphatic hydroxyl groups excluding tert-OH is 2. The number of likely N-dealkylation sites (N-methyl/N-ethyl adjacent to an activating group) is 1. The van der Waals surface area contributed by atoms with E-state index in [0.29, 0.717) is 29.0 Å². The zero-order valence-corrected chi connectivity index (χ0v) is 22.0. The molecule has 0 bridgehead atoms. The van der Waals surface area contributed by atoms with Crippen LogP contribution in [0.25, 0.3) is 0 Å². The first-order valence-corrected chi connectivity index (χ1v) is 12.5. The van der Waals surface area contributed by atoms with E-state index in [1.165, 1.54) is 0 Å². The Balaban J connectivity index is 2.15. The summed E-state index contributed by atoms with van der Waals surface area (Å²) < 4.78 is 11.2. The summed E-state index contributed by atoms with van der Waals surface area (Å²) in [6, 6.07) is 4.91. The molecule has 7 nitrogen and oxygen atoms in total. The highest BCUT2D eigenvalue weighted by Gasteiger charge is 2.29. The zero-order chi connectivity index (χ0) is 25.8. The fourth-order valence-electron chi connectivity index (χ4n) is 3.87. The van der Waals surface area contributed by atoms with Crippen molar-refractivity contribution in [1.29, 1.82) is 0 Å². The van der Waals surface area contributed by atoms with Gasteiger partial charge >= 0.3 is 0 Å². The van der Waals surface area contributed by atoms with Crippen LogP contribution in [-0.2, 0) is 20.7 Å². The molecular formula is C26H36Cl2N2O5. The van der Waals surface area contributed by atoms with Gasteiger partial charge in [0, 0.05) is 26.7 Å². The lowest BCUT2D eigenvalue weighted by Gasteiger charge is -2.32. The molecule has 1 aromatic rings. The standard InChI is InChI=1S/C26H36Cl2N2O5/c1-4-21(34-13-11-31)7-5-19(2)25(18-30-10-9-22(17-30)35-14-12-32)29(3)26(33)16-20-6-8-23(27)24(28)15-20/h4-8,15,22,25,31-32H,2,9-14,16-18H2,1,3H3/b7-5-,21-4+/t22-,25+/m0/s1. The van der Waals surface area contributed by atoms with Crippen LogP contribution in [0.5, 0.6) is 0 Å². The van der Waals surface area contributed by atoms with Crippen molar-refractivity contribution in [2.75, 3.05) is 53.1 Å². The van der Waals surface area contributed by atoms with E-state index >= 15 is 0 Å². The molecule has 0 aromatic heterocycles. The highest BCUT2D eigenvalue weighted by Crippen LogP contribution is 2.24. The Kier molecular flexibility index (Phi) is 12.8. The first-order chi connectivity index (χ1) is 16.8. The predicted octanol–water partition coefficient (Wildman–Crippen LogP) is 3.47. The molecule has 2 N–H and O–H groups in total. The van der Waals surface area contributed by atoms with Gasteiger partial charge in [0.2, 0.25) is 5.91 Å². The Morgan fingerprint density at radius 3 is 2.66 bits per heavy atom. The van der Waals surface area contributed by atoms with Crippen LogP contribution in [0.2, 0.25) is 10.0 Å². The van der Waals surface area contributed by atoms with Crippen molar-refractivity contribution in [3.63, 3.8) is 0 Å². The molecule has 1 amide bonds. The molecule has 2 atom stereocenters. The topological polar surface area (TPSA) is 82.5 Å². The fraction of sp³-hybridized carbons (Fsp3) is 0.500. The van der Waals surface area contributed by atoms with Gasteiger partial charge in [0.25, 0.3) is 0 Å². The number of benzene rings is 1. The van der Waals surface area contributed by atoms with E-state index in [2.05, 4.69) is 11.5 Å². The molecule has 1 aliphatic heterocycles. The molecule has 0 saturated carbocycles. The molecule has 9 heteroatoms. The first kappa shape index (κ1) is 29.4. The Hall–Kier alpha value is -1.87. The van der Waals surface area contributed by atoms with Crippen molar-refractivity contribution in [2.45, 2.75) is 31.9 Å². The molecule has 1 saturated heterocycles. The summed E-state index contributed by atoms with van der Waals surface area (Å²) in [5.41, 5.74) is 1.53. The van der Waals surface area contributed by atoms with Crippen LogP contribution in [0.3, 0.4) is 0 Å². The van der Waals surface area contributed by atoms with Crippen molar-refractivity contribution < 1.29 is 24.5 Å². The van der Waals surface area contributed by atoms with Gasteiger partial charge in [0.15, 0.2) is 0 Å². The van der Waals surface area contributed by atoms with Gasteiger partial charge in [0.05, 0.1) is 48.4 Å². The van der Waals surface area contributed by atoms with Gasteiger partial charge in [-0.05, 0) is 48.8 Å². The summed E-state index contributed by atoms with van der Waals surface area (Å²) in [6.07, 6.45) is 6.55. The second kappa shape index (κ2) is 15.3. The molecule has 1 heterocycles. The summed E-state index contributed by atoms with van der Waals surface area (Å²) in [5, 5.41) is 18.9. The van der Waals surface area contributed by atoms with E-state index in [1.54, 1.807) is 42.3 Å². The lowest BCUT2D eigenvalue weighted by atomic mass is 10.0. The number of aliphatic hydroxyl groups is 2. The molecule has 1 fully saturated rings. The van der Waals surface area contributed by atoms with E-state index in [9.17, 15) is 4.79 Å². The first-order valence-electron chi connectivity index (χ1n) is 11.7. The van der Waals surface area contributed by atoms with Crippen molar-refractivity contribution >= 4 is 29.1 Å². The number of halogens is 2. The summed E-state index contributed by atoms with van der Waals surface area (Å²) in [7, 11) is 1.78. The van der Waals surface area contributed by atoms with Crippen LogP contribution in [-0.4, -0.2) is 91.2 Å². The Labute approximate surface area is 218 Å². The third-order valence-electron chi connectivity index (χ3n) is 5.84. The number of nitrogens with zero attached hydrogens (tertiary/aromatic N) is 2. The largest absolute Gasteiger partial charge is 0.492 e. The number of hydrogen-bond acceptors (Lipinski definition) is 6. The van der Waals surface area contributed by atoms with Crippen LogP contribution < -0.4 is 0 Å². The second-order valence-corrected chi connectivity index (χ2v) is 9.20. The van der Waals surface area contributed by atoms with E-state index in [1.807, 2.05) is 13.0 Å². The fourth-order valence-corrected chi connectivity index (χ4v) is 4.19. The molecule has 2 rings (SSSR count). The third-order valence-corrected chi connectivity index (χ3v) is 6.58. The number of hydrogen-bond donors (Lipinski definition) is 2. The Bertz CT molecular complexity index is 906. The highest BCUT2D eigenvalue weighted by molar-refractivity contribution is 6.42. The van der Waals surface area contributed by atoms with E-state index in [4.69, 9.17) is 42.9 Å². The lowest BCUT2D eigenvalue weighted by molar-refractivity contribution is -0.130. The SMILES string of the molecule is C=C(/C=C\C(=C/C)OCCO)[C@@H](CN1CC[C@H](OCCO)C1)N(C)C(=O)Cc1ccc(Cl)c(Cl)c1. The average molecular weight is 527 g/mol. The van der Waals surface area contributed by atoms with Gasteiger partial charge in [-0.3, -0.25) is 9.69 Å². The Morgan fingerprint density at radius 1 is 1.26 bits per heavy atom. The summed E-state index contributed by atoms with van der Waals surface area (Å²) in [4.78, 5) is 17.2. The number of carbonyl (C=O) groups excluding carboxylic acids is 1. The molecular weight excluding hydrogens is 491 g/mol. The molecule has 0 spiro atoms. The number of carbonyl (C=O) groups is 1. The number of likely N-dealkylation sites (tertiary alicyclic amines) is 1. The molecule has 0 aliphatic carbocycles. The van der Waals surface area contributed by atoms with Crippen LogP contribution >= 0.6 is 23.2 Å². The minimum atomic E-state index is -0.283. The maximum absolute atomic E-state index is 13.2. The number of rotatable bonds is 14. The Morgan fingerprint density at radius 2 is 2.00 bits per heavy atom. The van der Waals surface area contributed by atoms with Crippen molar-refractivity contribution in [3.8, 4) is 0 Å². The monoisotopic (exact) mass is 526 g/mol. The van der Waals surface area contributed by atoms with Crippen LogP contribution in [0.1, 0.15) is 18.9 Å². The zero-order valence-electron chi connectivity index (χ0n) is 20.5. The normalized spacial score (nSPS) is 17.7. The lowest BCUT2D eigenvalue weighted by Crippen LogP contribution is -2.46. The van der Waals surface area contributed by atoms with Gasteiger partial charge in [-0.2, -0.15) is 0 Å². The summed E-state index contributed by atoms with van der Waals surface area (Å²) in [6.45, 7) is 8.68. The van der Waals surface area contributed by atoms with E-state index in [0.717, 1.165) is 30.6 Å². The second-order valence-electron chi connectivity index (χ2n) is 8.38. The number of ether oxygens (including phenoxy) is 2. The van der Waals surface area contributed by atoms with Crippen LogP contribution in [0, 0.1) is 0 Å². The molecule has 194 valence electrons. The smallest absolute Gasteiger partial charge is 0.227 e. The number of allylic oxidation sites excluding steroid dienone is 2. The maximum Gasteiger partial charge on any atom is 0.227 e. The van der Waals surface area contributed by atoms with Crippen LogP contribution in [0.4, 0.5) is 0 Å². The van der Waals surface area contributed by atoms with Gasteiger partial charge in [-0.25, -0.2) is 0 Å². The average Bonchev–Trinajstić information content (AvgIpc) is 3.30. The van der Waals surface area contributed by atoms with E-state index < -0.39 is 0 Å². The molecule has 0 unspecified atom stereocenters. The van der Waals surface area contributed by atoms with E-state index in [-0.39, 0.29) is 44.3 Å². The van der Waals surface area contributed by atoms with Crippen molar-refractivity contribution in [3.05, 3.63) is 69.9 Å². The minimum Gasteiger partial charge on any atom is -0.492 e. The third kappa shape index (κ3) is 9.60. The molecule has 35 heavy (non-hydrogen) atoms. The molecule has 0 radical (unpaired) electrons. The maximum atomic E-state index is 13.2. The predicted molar refractivity (Wildman–Crippen MR) is 140 cm³/mol. The highest BCUT2D eigenvalue weighted by atomic mass is 35.5. The van der Waals surface area contributed by atoms with Crippen LogP contribution in [0.15, 0.2) is 54.3 Å². The number of amides is 1. The molecule has 1 aromatic carbocycles. The molecule has 1 aliphatic rings. The van der Waals surface area contributed by atoms with Gasteiger partial charge in [-0.1, -0.05) is 41.9 Å². The van der Waals surface area contributed by atoms with Gasteiger partial charge in [0.1, 0.15) is 12.4 Å². The summed E-state index contributed by atoms with van der Waals surface area (Å²) in [5.74, 6) is 0.542. The van der Waals surface area contributed by atoms with Crippen molar-refractivity contribution in [1.82, 2.24) is 9.80 Å². The van der Waals surface area contributed by atoms with Gasteiger partial charge < -0.3 is 24.6 Å². The summed E-state index contributed by atoms with van der Waals surface area (Å²) >= 11 is 12.1. The van der Waals surface area contributed by atoms with Gasteiger partial charge in [-0.15, -0.1) is 0 Å². The van der Waals surface area contributed by atoms with Crippen molar-refractivity contribution in [2.24, 2.45) is 0 Å². The quantitative estimate of drug-likeness (QED) is 0.285.